The van der Waals surface area contributed by atoms with E-state index in [1.165, 1.54) is 12.0 Å². The van der Waals surface area contributed by atoms with Gasteiger partial charge in [0.15, 0.2) is 0 Å². The molecule has 0 atom stereocenters. The Bertz CT molecular complexity index is 1500. The van der Waals surface area contributed by atoms with Crippen LogP contribution in [0.4, 0.5) is 16.2 Å². The minimum atomic E-state index is -0.549. The van der Waals surface area contributed by atoms with Crippen molar-refractivity contribution in [3.63, 3.8) is 0 Å². The van der Waals surface area contributed by atoms with Gasteiger partial charge in [-0.15, -0.1) is 0 Å². The van der Waals surface area contributed by atoms with Crippen LogP contribution in [0, 0.1) is 6.92 Å². The third kappa shape index (κ3) is 6.10. The van der Waals surface area contributed by atoms with Crippen LogP contribution in [0.15, 0.2) is 66.7 Å². The zero-order valence-electron chi connectivity index (χ0n) is 21.0. The molecule has 8 nitrogen and oxygen atoms in total. The van der Waals surface area contributed by atoms with Crippen LogP contribution < -0.4 is 25.0 Å². The molecule has 10 heteroatoms. The normalized spacial score (nSPS) is 10.7. The lowest BCUT2D eigenvalue weighted by Crippen LogP contribution is -2.40. The molecule has 4 rings (SSSR count). The molecule has 3 aromatic carbocycles. The topological polar surface area (TPSA) is 92.8 Å². The largest absolute Gasteiger partial charge is 0.495 e. The first-order chi connectivity index (χ1) is 18.3. The van der Waals surface area contributed by atoms with Gasteiger partial charge in [-0.2, -0.15) is 0 Å². The number of methoxy groups -OCH3 is 1. The van der Waals surface area contributed by atoms with Gasteiger partial charge in [0.05, 0.1) is 41.3 Å². The number of carbonyl (C=O) groups excluding carboxylic acids is 2. The molecule has 0 fully saturated rings. The number of anilines is 2. The molecule has 0 aliphatic carbocycles. The highest BCUT2D eigenvalue weighted by atomic mass is 35.5. The summed E-state index contributed by atoms with van der Waals surface area (Å²) in [5.41, 5.74) is 3.05. The Labute approximate surface area is 230 Å². The summed E-state index contributed by atoms with van der Waals surface area (Å²) < 4.78 is 11.3. The molecule has 0 spiro atoms. The fraction of sp³-hybridized carbons (Fsp3) is 0.179. The fourth-order valence-electron chi connectivity index (χ4n) is 3.79. The molecule has 0 aliphatic rings. The number of aromatic nitrogens is 1. The Morgan fingerprint density at radius 3 is 2.53 bits per heavy atom. The lowest BCUT2D eigenvalue weighted by molar-refractivity contribution is -0.117. The van der Waals surface area contributed by atoms with Gasteiger partial charge in [0.1, 0.15) is 18.1 Å². The first-order valence-electron chi connectivity index (χ1n) is 11.7. The van der Waals surface area contributed by atoms with Gasteiger partial charge in [0.25, 0.3) is 0 Å². The number of urea groups is 1. The number of nitrogens with one attached hydrogen (secondary N) is 2. The highest BCUT2D eigenvalue weighted by Gasteiger charge is 2.20. The van der Waals surface area contributed by atoms with Crippen molar-refractivity contribution in [2.75, 3.05) is 30.9 Å². The quantitative estimate of drug-likeness (QED) is 0.270. The highest BCUT2D eigenvalue weighted by molar-refractivity contribution is 6.38. The number of ether oxygens (including phenoxy) is 2. The van der Waals surface area contributed by atoms with Crippen LogP contribution in [0.25, 0.3) is 10.9 Å². The molecule has 3 amide bonds. The van der Waals surface area contributed by atoms with Crippen molar-refractivity contribution in [1.82, 2.24) is 10.3 Å². The van der Waals surface area contributed by atoms with Gasteiger partial charge in [-0.25, -0.2) is 9.78 Å². The molecule has 196 valence electrons. The molecular formula is C28H26Cl2N4O4. The Morgan fingerprint density at radius 1 is 1.00 bits per heavy atom. The maximum atomic E-state index is 12.8. The predicted octanol–water partition coefficient (Wildman–Crippen LogP) is 6.22. The SMILES string of the molecule is COc1ccccc1NC(=O)NCC(=O)N(C)c1ccc(Cl)c(COc2cc3ccccc3nc2C)c1Cl. The first kappa shape index (κ1) is 27.0. The molecule has 38 heavy (non-hydrogen) atoms. The maximum Gasteiger partial charge on any atom is 0.319 e. The van der Waals surface area contributed by atoms with Gasteiger partial charge in [-0.3, -0.25) is 4.79 Å². The third-order valence-electron chi connectivity index (χ3n) is 5.90. The molecule has 1 aromatic heterocycles. The summed E-state index contributed by atoms with van der Waals surface area (Å²) in [4.78, 5) is 31.1. The van der Waals surface area contributed by atoms with E-state index in [0.717, 1.165) is 16.6 Å². The Balaban J connectivity index is 1.42. The van der Waals surface area contributed by atoms with E-state index < -0.39 is 6.03 Å². The molecule has 0 radical (unpaired) electrons. The van der Waals surface area contributed by atoms with Crippen LogP contribution in [0.1, 0.15) is 11.3 Å². The number of rotatable bonds is 8. The second-order valence-electron chi connectivity index (χ2n) is 8.37. The second kappa shape index (κ2) is 12.0. The van der Waals surface area contributed by atoms with Crippen LogP contribution >= 0.6 is 23.2 Å². The summed E-state index contributed by atoms with van der Waals surface area (Å²) in [6.07, 6.45) is 0. The minimum Gasteiger partial charge on any atom is -0.495 e. The number of hydrogen-bond acceptors (Lipinski definition) is 5. The van der Waals surface area contributed by atoms with Crippen molar-refractivity contribution in [3.05, 3.63) is 88.0 Å². The summed E-state index contributed by atoms with van der Waals surface area (Å²) in [7, 11) is 3.07. The summed E-state index contributed by atoms with van der Waals surface area (Å²) in [5.74, 6) is 0.727. The number of halogens is 2. The van der Waals surface area contributed by atoms with E-state index in [2.05, 4.69) is 15.6 Å². The van der Waals surface area contributed by atoms with E-state index in [1.54, 1.807) is 43.4 Å². The third-order valence-corrected chi connectivity index (χ3v) is 6.67. The number of amides is 3. The standard InChI is InChI=1S/C28H26Cl2N4O4/c1-17-25(14-18-8-4-5-9-21(18)32-17)38-16-19-20(29)12-13-23(27(19)30)34(2)26(35)15-31-28(36)33-22-10-6-7-11-24(22)37-3/h4-14H,15-16H2,1-3H3,(H2,31,33,36). The maximum absolute atomic E-state index is 12.8. The molecular weight excluding hydrogens is 527 g/mol. The van der Waals surface area contributed by atoms with Gasteiger partial charge in [-0.1, -0.05) is 53.5 Å². The van der Waals surface area contributed by atoms with E-state index >= 15 is 0 Å². The van der Waals surface area contributed by atoms with Crippen LogP contribution in [0.2, 0.25) is 10.0 Å². The summed E-state index contributed by atoms with van der Waals surface area (Å²) in [6, 6.07) is 19.4. The fourth-order valence-corrected chi connectivity index (χ4v) is 4.40. The van der Waals surface area contributed by atoms with E-state index in [9.17, 15) is 9.59 Å². The Morgan fingerprint density at radius 2 is 1.74 bits per heavy atom. The number of aryl methyl sites for hydroxylation is 1. The van der Waals surface area contributed by atoms with E-state index in [1.807, 2.05) is 37.3 Å². The summed E-state index contributed by atoms with van der Waals surface area (Å²) >= 11 is 13.1. The van der Waals surface area contributed by atoms with Crippen LogP contribution in [0.5, 0.6) is 11.5 Å². The predicted molar refractivity (Wildman–Crippen MR) is 151 cm³/mol. The molecule has 0 saturated heterocycles. The van der Waals surface area contributed by atoms with Crippen molar-refractivity contribution in [2.45, 2.75) is 13.5 Å². The van der Waals surface area contributed by atoms with Gasteiger partial charge in [0, 0.05) is 23.0 Å². The van der Waals surface area contributed by atoms with Crippen LogP contribution in [0.3, 0.4) is 0 Å². The average Bonchev–Trinajstić information content (AvgIpc) is 2.91. The highest BCUT2D eigenvalue weighted by Crippen LogP contribution is 2.35. The van der Waals surface area contributed by atoms with Crippen molar-refractivity contribution in [2.24, 2.45) is 0 Å². The number of hydrogen-bond donors (Lipinski definition) is 2. The number of carbonyl (C=O) groups is 2. The lowest BCUT2D eigenvalue weighted by Gasteiger charge is -2.21. The van der Waals surface area contributed by atoms with Crippen molar-refractivity contribution in [3.8, 4) is 11.5 Å². The van der Waals surface area contributed by atoms with Crippen LogP contribution in [-0.4, -0.2) is 37.6 Å². The molecule has 0 bridgehead atoms. The van der Waals surface area contributed by atoms with Crippen LogP contribution in [-0.2, 0) is 11.4 Å². The Kier molecular flexibility index (Phi) is 8.55. The average molecular weight is 553 g/mol. The zero-order valence-corrected chi connectivity index (χ0v) is 22.6. The van der Waals surface area contributed by atoms with Crippen molar-refractivity contribution in [1.29, 1.82) is 0 Å². The molecule has 2 N–H and O–H groups in total. The second-order valence-corrected chi connectivity index (χ2v) is 9.16. The zero-order chi connectivity index (χ0) is 27.2. The smallest absolute Gasteiger partial charge is 0.319 e. The summed E-state index contributed by atoms with van der Waals surface area (Å²) in [5, 5.41) is 6.84. The molecule has 0 aliphatic heterocycles. The van der Waals surface area contributed by atoms with Gasteiger partial charge >= 0.3 is 6.03 Å². The molecule has 1 heterocycles. The van der Waals surface area contributed by atoms with Gasteiger partial charge in [-0.05, 0) is 43.3 Å². The van der Waals surface area contributed by atoms with Gasteiger partial charge < -0.3 is 25.0 Å². The Hall–Kier alpha value is -4.01. The van der Waals surface area contributed by atoms with E-state index in [4.69, 9.17) is 32.7 Å². The number of para-hydroxylation sites is 3. The molecule has 4 aromatic rings. The monoisotopic (exact) mass is 552 g/mol. The van der Waals surface area contributed by atoms with Crippen molar-refractivity contribution < 1.29 is 19.1 Å². The van der Waals surface area contributed by atoms with Gasteiger partial charge in [0.2, 0.25) is 5.91 Å². The number of benzene rings is 3. The number of fused-ring (bicyclic) bond motifs is 1. The lowest BCUT2D eigenvalue weighted by atomic mass is 10.1. The van der Waals surface area contributed by atoms with Crippen molar-refractivity contribution >= 4 is 57.4 Å². The van der Waals surface area contributed by atoms with E-state index in [0.29, 0.717) is 33.5 Å². The van der Waals surface area contributed by atoms with E-state index in [-0.39, 0.29) is 24.1 Å². The molecule has 0 unspecified atom stereocenters. The number of pyridine rings is 1. The number of nitrogens with zero attached hydrogens (tertiary/aromatic N) is 2. The first-order valence-corrected chi connectivity index (χ1v) is 12.4. The number of likely N-dealkylation sites (N-methyl/N-ethyl adjacent to an activating group) is 1. The minimum absolute atomic E-state index is 0.0773. The summed E-state index contributed by atoms with van der Waals surface area (Å²) in [6.45, 7) is 1.68. The molecule has 0 saturated carbocycles.